The Labute approximate surface area is 152 Å². The summed E-state index contributed by atoms with van der Waals surface area (Å²) in [6, 6.07) is 20.0. The van der Waals surface area contributed by atoms with Crippen LogP contribution in [0.5, 0.6) is 0 Å². The molecule has 1 fully saturated rings. The summed E-state index contributed by atoms with van der Waals surface area (Å²) < 4.78 is 5.39. The number of nitrogens with zero attached hydrogens (tertiary/aromatic N) is 3. The Bertz CT molecular complexity index is 855. The average molecular weight is 347 g/mol. The molecular formula is C21H21N3O2. The first-order chi connectivity index (χ1) is 12.8. The third-order valence-electron chi connectivity index (χ3n) is 4.76. The van der Waals surface area contributed by atoms with Crippen molar-refractivity contribution in [1.82, 2.24) is 15.0 Å². The molecule has 0 N–H and O–H groups in total. The second-order valence-electron chi connectivity index (χ2n) is 6.66. The Hall–Kier alpha value is -2.95. The summed E-state index contributed by atoms with van der Waals surface area (Å²) in [6.45, 7) is 1.33. The Kier molecular flexibility index (Phi) is 4.78. The van der Waals surface area contributed by atoms with E-state index < -0.39 is 0 Å². The number of likely N-dealkylation sites (tertiary alicyclic amines) is 1. The molecule has 0 saturated carbocycles. The molecular weight excluding hydrogens is 326 g/mol. The van der Waals surface area contributed by atoms with Gasteiger partial charge in [0.05, 0.1) is 5.92 Å². The Morgan fingerprint density at radius 1 is 1.04 bits per heavy atom. The minimum atomic E-state index is 0.151. The van der Waals surface area contributed by atoms with Gasteiger partial charge >= 0.3 is 0 Å². The molecule has 0 unspecified atom stereocenters. The number of rotatable bonds is 6. The summed E-state index contributed by atoms with van der Waals surface area (Å²) >= 11 is 0. The molecule has 2 heterocycles. The summed E-state index contributed by atoms with van der Waals surface area (Å²) in [5, 5.41) is 4.05. The van der Waals surface area contributed by atoms with Gasteiger partial charge in [-0.25, -0.2) is 0 Å². The molecule has 2 aromatic carbocycles. The normalized spacial score (nSPS) is 14.2. The van der Waals surface area contributed by atoms with Crippen molar-refractivity contribution in [2.24, 2.45) is 0 Å². The first-order valence-corrected chi connectivity index (χ1v) is 9.00. The fourth-order valence-electron chi connectivity index (χ4n) is 3.19. The predicted molar refractivity (Wildman–Crippen MR) is 98.4 cm³/mol. The van der Waals surface area contributed by atoms with Crippen molar-refractivity contribution in [3.05, 3.63) is 72.1 Å². The van der Waals surface area contributed by atoms with Crippen LogP contribution in [-0.2, 0) is 11.2 Å². The van der Waals surface area contributed by atoms with Gasteiger partial charge in [-0.3, -0.25) is 4.79 Å². The number of aromatic nitrogens is 2. The van der Waals surface area contributed by atoms with Crippen LogP contribution in [0.2, 0.25) is 0 Å². The smallest absolute Gasteiger partial charge is 0.233 e. The molecule has 5 heteroatoms. The SMILES string of the molecule is O=C(CCCc1ccccc1)N1CC(c2nc(-c3ccccc3)no2)C1. The maximum atomic E-state index is 12.3. The molecule has 5 nitrogen and oxygen atoms in total. The number of amides is 1. The molecule has 1 aliphatic heterocycles. The molecule has 0 atom stereocenters. The minimum absolute atomic E-state index is 0.151. The quantitative estimate of drug-likeness (QED) is 0.682. The van der Waals surface area contributed by atoms with E-state index in [2.05, 4.69) is 22.3 Å². The van der Waals surface area contributed by atoms with Gasteiger partial charge in [0.2, 0.25) is 17.6 Å². The molecule has 26 heavy (non-hydrogen) atoms. The van der Waals surface area contributed by atoms with Crippen LogP contribution < -0.4 is 0 Å². The number of carbonyl (C=O) groups is 1. The largest absolute Gasteiger partial charge is 0.341 e. The van der Waals surface area contributed by atoms with E-state index in [0.29, 0.717) is 31.2 Å². The van der Waals surface area contributed by atoms with Gasteiger partial charge in [-0.05, 0) is 18.4 Å². The molecule has 3 aromatic rings. The molecule has 0 aliphatic carbocycles. The molecule has 0 radical (unpaired) electrons. The molecule has 1 amide bonds. The fourth-order valence-corrected chi connectivity index (χ4v) is 3.19. The number of aryl methyl sites for hydroxylation is 1. The van der Waals surface area contributed by atoms with E-state index in [1.54, 1.807) is 0 Å². The van der Waals surface area contributed by atoms with Gasteiger partial charge in [0.15, 0.2) is 0 Å². The summed E-state index contributed by atoms with van der Waals surface area (Å²) in [5.74, 6) is 1.59. The lowest BCUT2D eigenvalue weighted by Crippen LogP contribution is -2.48. The lowest BCUT2D eigenvalue weighted by Gasteiger charge is -2.37. The Morgan fingerprint density at radius 2 is 1.73 bits per heavy atom. The van der Waals surface area contributed by atoms with Crippen LogP contribution in [-0.4, -0.2) is 34.0 Å². The molecule has 1 aliphatic rings. The van der Waals surface area contributed by atoms with Gasteiger partial charge in [0.25, 0.3) is 0 Å². The van der Waals surface area contributed by atoms with E-state index in [9.17, 15) is 4.79 Å². The highest BCUT2D eigenvalue weighted by molar-refractivity contribution is 5.77. The Morgan fingerprint density at radius 3 is 2.46 bits per heavy atom. The van der Waals surface area contributed by atoms with Crippen LogP contribution in [0.25, 0.3) is 11.4 Å². The van der Waals surface area contributed by atoms with Crippen molar-refractivity contribution >= 4 is 5.91 Å². The summed E-state index contributed by atoms with van der Waals surface area (Å²) in [4.78, 5) is 18.6. The molecule has 0 bridgehead atoms. The zero-order chi connectivity index (χ0) is 17.8. The fraction of sp³-hybridized carbons (Fsp3) is 0.286. The van der Waals surface area contributed by atoms with Crippen LogP contribution in [0.4, 0.5) is 0 Å². The van der Waals surface area contributed by atoms with E-state index in [4.69, 9.17) is 4.52 Å². The third kappa shape index (κ3) is 3.67. The monoisotopic (exact) mass is 347 g/mol. The number of carbonyl (C=O) groups excluding carboxylic acids is 1. The highest BCUT2D eigenvalue weighted by atomic mass is 16.5. The molecule has 1 saturated heterocycles. The van der Waals surface area contributed by atoms with Crippen molar-refractivity contribution in [3.63, 3.8) is 0 Å². The lowest BCUT2D eigenvalue weighted by atomic mass is 9.99. The van der Waals surface area contributed by atoms with Gasteiger partial charge in [-0.2, -0.15) is 4.98 Å². The summed E-state index contributed by atoms with van der Waals surface area (Å²) in [6.07, 6.45) is 2.40. The van der Waals surface area contributed by atoms with Crippen LogP contribution in [0.15, 0.2) is 65.2 Å². The predicted octanol–water partition coefficient (Wildman–Crippen LogP) is 3.69. The van der Waals surface area contributed by atoms with Crippen LogP contribution in [0.3, 0.4) is 0 Å². The van der Waals surface area contributed by atoms with Gasteiger partial charge in [0.1, 0.15) is 0 Å². The molecule has 0 spiro atoms. The van der Waals surface area contributed by atoms with E-state index in [0.717, 1.165) is 18.4 Å². The molecule has 1 aromatic heterocycles. The average Bonchev–Trinajstić information content (AvgIpc) is 3.12. The topological polar surface area (TPSA) is 59.2 Å². The van der Waals surface area contributed by atoms with Crippen molar-refractivity contribution < 1.29 is 9.32 Å². The lowest BCUT2D eigenvalue weighted by molar-refractivity contribution is -0.136. The summed E-state index contributed by atoms with van der Waals surface area (Å²) in [5.41, 5.74) is 2.22. The number of hydrogen-bond donors (Lipinski definition) is 0. The van der Waals surface area contributed by atoms with Crippen molar-refractivity contribution in [3.8, 4) is 11.4 Å². The van der Waals surface area contributed by atoms with Crippen molar-refractivity contribution in [2.75, 3.05) is 13.1 Å². The van der Waals surface area contributed by atoms with Gasteiger partial charge < -0.3 is 9.42 Å². The van der Waals surface area contributed by atoms with E-state index in [1.165, 1.54) is 5.56 Å². The highest BCUT2D eigenvalue weighted by Crippen LogP contribution is 2.28. The van der Waals surface area contributed by atoms with Gasteiger partial charge in [-0.15, -0.1) is 0 Å². The van der Waals surface area contributed by atoms with E-state index >= 15 is 0 Å². The second-order valence-corrected chi connectivity index (χ2v) is 6.66. The van der Waals surface area contributed by atoms with Gasteiger partial charge in [0, 0.05) is 25.1 Å². The van der Waals surface area contributed by atoms with Gasteiger partial charge in [-0.1, -0.05) is 65.8 Å². The maximum Gasteiger partial charge on any atom is 0.233 e. The molecule has 132 valence electrons. The summed E-state index contributed by atoms with van der Waals surface area (Å²) in [7, 11) is 0. The van der Waals surface area contributed by atoms with E-state index in [1.807, 2.05) is 53.4 Å². The zero-order valence-electron chi connectivity index (χ0n) is 14.5. The maximum absolute atomic E-state index is 12.3. The van der Waals surface area contributed by atoms with E-state index in [-0.39, 0.29) is 11.8 Å². The van der Waals surface area contributed by atoms with Crippen LogP contribution in [0, 0.1) is 0 Å². The standard InChI is InChI=1S/C21H21N3O2/c25-19(13-7-10-16-8-3-1-4-9-16)24-14-18(15-24)21-22-20(23-26-21)17-11-5-2-6-12-17/h1-6,8-9,11-12,18H,7,10,13-15H2. The van der Waals surface area contributed by atoms with Crippen LogP contribution >= 0.6 is 0 Å². The Balaban J connectivity index is 1.25. The second kappa shape index (κ2) is 7.52. The molecule has 4 rings (SSSR count). The van der Waals surface area contributed by atoms with Crippen molar-refractivity contribution in [1.29, 1.82) is 0 Å². The minimum Gasteiger partial charge on any atom is -0.341 e. The number of benzene rings is 2. The first kappa shape index (κ1) is 16.5. The highest BCUT2D eigenvalue weighted by Gasteiger charge is 2.35. The van der Waals surface area contributed by atoms with Crippen LogP contribution in [0.1, 0.15) is 30.2 Å². The number of hydrogen-bond acceptors (Lipinski definition) is 4. The third-order valence-corrected chi connectivity index (χ3v) is 4.76. The van der Waals surface area contributed by atoms with Crippen molar-refractivity contribution in [2.45, 2.75) is 25.2 Å². The zero-order valence-corrected chi connectivity index (χ0v) is 14.5. The first-order valence-electron chi connectivity index (χ1n) is 9.00.